The van der Waals surface area contributed by atoms with Crippen molar-refractivity contribution in [2.45, 2.75) is 12.5 Å². The molecule has 144 valence electrons. The second-order valence-electron chi connectivity index (χ2n) is 7.00. The first-order valence-electron chi connectivity index (χ1n) is 9.66. The smallest absolute Gasteiger partial charge is 0.126 e. The highest BCUT2D eigenvalue weighted by Crippen LogP contribution is 2.28. The van der Waals surface area contributed by atoms with Crippen LogP contribution in [0.25, 0.3) is 0 Å². The van der Waals surface area contributed by atoms with Crippen LogP contribution in [0, 0.1) is 0 Å². The summed E-state index contributed by atoms with van der Waals surface area (Å²) < 4.78 is 0. The van der Waals surface area contributed by atoms with Crippen molar-refractivity contribution in [1.29, 1.82) is 0 Å². The zero-order valence-corrected chi connectivity index (χ0v) is 17.0. The lowest BCUT2D eigenvalue weighted by Crippen LogP contribution is -2.14. The summed E-state index contributed by atoms with van der Waals surface area (Å²) in [5.41, 5.74) is 3.84. The summed E-state index contributed by atoms with van der Waals surface area (Å²) in [4.78, 5) is 0. The molecule has 4 aromatic carbocycles. The Morgan fingerprint density at radius 1 is 0.655 bits per heavy atom. The molecule has 0 saturated heterocycles. The van der Waals surface area contributed by atoms with E-state index in [4.69, 9.17) is 0 Å². The van der Waals surface area contributed by atoms with Gasteiger partial charge in [0, 0.05) is 11.7 Å². The van der Waals surface area contributed by atoms with Gasteiger partial charge in [0.1, 0.15) is 11.9 Å². The van der Waals surface area contributed by atoms with Crippen molar-refractivity contribution in [3.63, 3.8) is 0 Å². The second-order valence-corrected chi connectivity index (χ2v) is 8.33. The third kappa shape index (κ3) is 4.56. The van der Waals surface area contributed by atoms with Crippen LogP contribution in [0.3, 0.4) is 0 Å². The summed E-state index contributed by atoms with van der Waals surface area (Å²) in [6.45, 7) is 0. The first kappa shape index (κ1) is 19.4. The summed E-state index contributed by atoms with van der Waals surface area (Å²) in [6.07, 6.45) is 0.00812. The maximum absolute atomic E-state index is 10.9. The number of aliphatic hydroxyl groups excluding tert-OH is 1. The third-order valence-corrected chi connectivity index (χ3v) is 6.39. The fourth-order valence-electron chi connectivity index (χ4n) is 3.46. The minimum atomic E-state index is -0.686. The first-order valence-corrected chi connectivity index (χ1v) is 10.7. The normalized spacial score (nSPS) is 12.3. The summed E-state index contributed by atoms with van der Waals surface area (Å²) in [5, 5.41) is 23.7. The van der Waals surface area contributed by atoms with Gasteiger partial charge < -0.3 is 10.2 Å². The van der Waals surface area contributed by atoms with Crippen LogP contribution < -0.4 is 10.6 Å². The molecule has 0 aliphatic rings. The Kier molecular flexibility index (Phi) is 6.05. The molecule has 0 radical (unpaired) electrons. The zero-order valence-electron chi connectivity index (χ0n) is 16.0. The van der Waals surface area contributed by atoms with Crippen LogP contribution in [0.15, 0.2) is 103 Å². The molecule has 29 heavy (non-hydrogen) atoms. The van der Waals surface area contributed by atoms with Gasteiger partial charge >= 0.3 is 0 Å². The van der Waals surface area contributed by atoms with Gasteiger partial charge in [-0.05, 0) is 27.6 Å². The second kappa shape index (κ2) is 9.05. The van der Waals surface area contributed by atoms with Gasteiger partial charge in [0.25, 0.3) is 0 Å². The van der Waals surface area contributed by atoms with E-state index < -0.39 is 6.10 Å². The highest BCUT2D eigenvalue weighted by atomic mass is 31.1. The number of phenolic OH excluding ortho intramolecular Hbond substituents is 1. The highest BCUT2D eigenvalue weighted by molar-refractivity contribution is 7.55. The molecular weight excluding hydrogens is 375 g/mol. The fourth-order valence-corrected chi connectivity index (χ4v) is 4.75. The predicted octanol–water partition coefficient (Wildman–Crippen LogP) is 4.69. The van der Waals surface area contributed by atoms with Gasteiger partial charge in [0.15, 0.2) is 0 Å². The maximum atomic E-state index is 10.9. The molecule has 4 rings (SSSR count). The van der Waals surface area contributed by atoms with Crippen molar-refractivity contribution in [2.24, 2.45) is 0 Å². The zero-order chi connectivity index (χ0) is 20.1. The molecule has 0 spiro atoms. The molecule has 0 amide bonds. The van der Waals surface area contributed by atoms with E-state index in [0.717, 1.165) is 27.3 Å². The number of rotatable bonds is 6. The summed E-state index contributed by atoms with van der Waals surface area (Å²) in [6, 6.07) is 33.7. The number of benzene rings is 4. The number of phenols is 1. The molecule has 0 aliphatic heterocycles. The highest BCUT2D eigenvalue weighted by Gasteiger charge is 2.16. The molecule has 2 N–H and O–H groups in total. The van der Waals surface area contributed by atoms with Gasteiger partial charge in [0.2, 0.25) is 0 Å². The van der Waals surface area contributed by atoms with E-state index in [0.29, 0.717) is 12.2 Å². The molecule has 0 saturated carbocycles. The number of para-hydroxylation sites is 1. The van der Waals surface area contributed by atoms with E-state index in [1.165, 1.54) is 5.56 Å². The molecular formula is C26H23O2P. The van der Waals surface area contributed by atoms with Gasteiger partial charge in [-0.15, -0.1) is 0 Å². The Morgan fingerprint density at radius 2 is 1.28 bits per heavy atom. The Bertz CT molecular complexity index is 1080. The van der Waals surface area contributed by atoms with Crippen LogP contribution in [-0.2, 0) is 6.42 Å². The molecule has 4 aromatic rings. The summed E-state index contributed by atoms with van der Waals surface area (Å²) in [7, 11) is 0.259. The minimum Gasteiger partial charge on any atom is -0.507 e. The van der Waals surface area contributed by atoms with E-state index in [2.05, 4.69) is 12.1 Å². The van der Waals surface area contributed by atoms with Crippen molar-refractivity contribution >= 4 is 19.2 Å². The van der Waals surface area contributed by atoms with Crippen LogP contribution in [0.4, 0.5) is 0 Å². The average molecular weight is 398 g/mol. The Morgan fingerprint density at radius 3 is 2.03 bits per heavy atom. The lowest BCUT2D eigenvalue weighted by molar-refractivity contribution is 0.221. The van der Waals surface area contributed by atoms with Crippen LogP contribution in [0.2, 0.25) is 0 Å². The van der Waals surface area contributed by atoms with E-state index in [-0.39, 0.29) is 8.58 Å². The number of aromatic hydroxyl groups is 1. The molecule has 2 unspecified atom stereocenters. The lowest BCUT2D eigenvalue weighted by atomic mass is 10.0. The Labute approximate surface area is 173 Å². The molecule has 0 aromatic heterocycles. The quantitative estimate of drug-likeness (QED) is 0.463. The number of aliphatic hydroxyl groups is 1. The lowest BCUT2D eigenvalue weighted by Gasteiger charge is -2.17. The maximum Gasteiger partial charge on any atom is 0.126 e. The van der Waals surface area contributed by atoms with Crippen molar-refractivity contribution in [2.75, 3.05) is 0 Å². The summed E-state index contributed by atoms with van der Waals surface area (Å²) in [5.74, 6) is 0.346. The van der Waals surface area contributed by atoms with Crippen LogP contribution >= 0.6 is 8.58 Å². The molecule has 2 atom stereocenters. The van der Waals surface area contributed by atoms with Crippen LogP contribution in [-0.4, -0.2) is 10.2 Å². The fraction of sp³-hybridized carbons (Fsp3) is 0.0769. The average Bonchev–Trinajstić information content (AvgIpc) is 2.78. The van der Waals surface area contributed by atoms with E-state index in [9.17, 15) is 10.2 Å². The standard InChI is InChI=1S/C26H23O2P/c27-25(20-12-5-2-6-13-20)22-15-7-8-16-23(22)29-24-17-9-14-21(26(24)28)18-19-10-3-1-4-11-19/h1-17,25,27-29H,18H2. The molecule has 2 nitrogen and oxygen atoms in total. The van der Waals surface area contributed by atoms with Crippen molar-refractivity contribution in [3.8, 4) is 5.75 Å². The Balaban J connectivity index is 1.63. The number of hydrogen-bond acceptors (Lipinski definition) is 2. The van der Waals surface area contributed by atoms with E-state index in [1.807, 2.05) is 91.0 Å². The third-order valence-electron chi connectivity index (χ3n) is 5.00. The monoisotopic (exact) mass is 398 g/mol. The van der Waals surface area contributed by atoms with Gasteiger partial charge in [-0.25, -0.2) is 0 Å². The van der Waals surface area contributed by atoms with Gasteiger partial charge in [-0.1, -0.05) is 112 Å². The van der Waals surface area contributed by atoms with Crippen LogP contribution in [0.5, 0.6) is 5.75 Å². The van der Waals surface area contributed by atoms with E-state index in [1.54, 1.807) is 0 Å². The molecule has 0 aliphatic carbocycles. The van der Waals surface area contributed by atoms with Crippen LogP contribution in [0.1, 0.15) is 28.4 Å². The molecule has 3 heteroatoms. The van der Waals surface area contributed by atoms with Gasteiger partial charge in [0.05, 0.1) is 0 Å². The predicted molar refractivity (Wildman–Crippen MR) is 122 cm³/mol. The number of hydrogen-bond donors (Lipinski definition) is 2. The molecule has 0 fully saturated rings. The SMILES string of the molecule is Oc1c(Cc2ccccc2)cccc1Pc1ccccc1C(O)c1ccccc1. The molecule has 0 heterocycles. The largest absolute Gasteiger partial charge is 0.507 e. The topological polar surface area (TPSA) is 40.5 Å². The summed E-state index contributed by atoms with van der Waals surface area (Å²) >= 11 is 0. The minimum absolute atomic E-state index is 0.259. The first-order chi connectivity index (χ1) is 14.2. The van der Waals surface area contributed by atoms with Gasteiger partial charge in [-0.2, -0.15) is 0 Å². The van der Waals surface area contributed by atoms with Crippen molar-refractivity contribution in [3.05, 3.63) is 125 Å². The Hall–Kier alpha value is -2.93. The van der Waals surface area contributed by atoms with Gasteiger partial charge in [-0.3, -0.25) is 0 Å². The van der Waals surface area contributed by atoms with Crippen molar-refractivity contribution < 1.29 is 10.2 Å². The molecule has 0 bridgehead atoms. The van der Waals surface area contributed by atoms with Crippen molar-refractivity contribution in [1.82, 2.24) is 0 Å². The van der Waals surface area contributed by atoms with E-state index >= 15 is 0 Å².